The summed E-state index contributed by atoms with van der Waals surface area (Å²) in [7, 11) is 2.93. The normalized spacial score (nSPS) is 10.4. The van der Waals surface area contributed by atoms with Gasteiger partial charge >= 0.3 is 17.8 Å². The van der Waals surface area contributed by atoms with Crippen LogP contribution in [0.5, 0.6) is 17.2 Å². The van der Waals surface area contributed by atoms with Crippen LogP contribution < -0.4 is 30.3 Å². The van der Waals surface area contributed by atoms with E-state index < -0.39 is 23.7 Å². The highest BCUT2D eigenvalue weighted by Gasteiger charge is 2.18. The molecule has 0 saturated heterocycles. The van der Waals surface area contributed by atoms with Crippen molar-refractivity contribution < 1.29 is 33.4 Å². The molecular weight excluding hydrogens is 540 g/mol. The summed E-state index contributed by atoms with van der Waals surface area (Å²) < 4.78 is 15.8. The second kappa shape index (κ2) is 13.9. The van der Waals surface area contributed by atoms with Crippen molar-refractivity contribution in [2.24, 2.45) is 5.10 Å². The molecule has 3 N–H and O–H groups in total. The van der Waals surface area contributed by atoms with E-state index in [0.717, 1.165) is 0 Å². The highest BCUT2D eigenvalue weighted by atomic mass is 16.6. The lowest BCUT2D eigenvalue weighted by molar-refractivity contribution is -0.136. The number of ether oxygens (including phenoxy) is 3. The first kappa shape index (κ1) is 29.0. The summed E-state index contributed by atoms with van der Waals surface area (Å²) in [6.45, 7) is 0. The lowest BCUT2D eigenvalue weighted by Crippen LogP contribution is -2.33. The zero-order valence-electron chi connectivity index (χ0n) is 22.6. The topological polar surface area (TPSA) is 144 Å². The van der Waals surface area contributed by atoms with Gasteiger partial charge in [0.1, 0.15) is 5.75 Å². The van der Waals surface area contributed by atoms with E-state index in [1.165, 1.54) is 44.7 Å². The largest absolute Gasteiger partial charge is 0.497 e. The highest BCUT2D eigenvalue weighted by molar-refractivity contribution is 6.40. The Balaban J connectivity index is 1.35. The Morgan fingerprint density at radius 2 is 1.43 bits per heavy atom. The maximum absolute atomic E-state index is 12.7. The first-order valence-corrected chi connectivity index (χ1v) is 12.5. The Morgan fingerprint density at radius 1 is 0.714 bits per heavy atom. The van der Waals surface area contributed by atoms with E-state index in [4.69, 9.17) is 14.2 Å². The molecule has 11 heteroatoms. The molecule has 0 bridgehead atoms. The van der Waals surface area contributed by atoms with Crippen molar-refractivity contribution in [1.82, 2.24) is 5.43 Å². The van der Waals surface area contributed by atoms with Gasteiger partial charge in [0.05, 0.1) is 37.2 Å². The van der Waals surface area contributed by atoms with Crippen molar-refractivity contribution in [3.8, 4) is 17.2 Å². The number of para-hydroxylation sites is 2. The van der Waals surface area contributed by atoms with Crippen LogP contribution in [0.2, 0.25) is 0 Å². The molecule has 0 radical (unpaired) electrons. The average Bonchev–Trinajstić information content (AvgIpc) is 3.02. The second-order valence-electron chi connectivity index (χ2n) is 8.55. The minimum atomic E-state index is -1.05. The lowest BCUT2D eigenvalue weighted by Gasteiger charge is -2.11. The first-order chi connectivity index (χ1) is 20.4. The Bertz CT molecular complexity index is 1620. The van der Waals surface area contributed by atoms with Crippen LogP contribution in [0.1, 0.15) is 26.3 Å². The Labute approximate surface area is 241 Å². The number of esters is 1. The molecule has 0 heterocycles. The maximum atomic E-state index is 12.7. The third kappa shape index (κ3) is 7.57. The van der Waals surface area contributed by atoms with Gasteiger partial charge in [-0.05, 0) is 72.3 Å². The smallest absolute Gasteiger partial charge is 0.343 e. The predicted octanol–water partition coefficient (Wildman–Crippen LogP) is 4.26. The van der Waals surface area contributed by atoms with Gasteiger partial charge in [0.25, 0.3) is 5.91 Å². The van der Waals surface area contributed by atoms with Crippen LogP contribution >= 0.6 is 0 Å². The number of rotatable bonds is 9. The van der Waals surface area contributed by atoms with Crippen molar-refractivity contribution >= 4 is 41.3 Å². The summed E-state index contributed by atoms with van der Waals surface area (Å²) in [6, 6.07) is 26.2. The molecule has 0 aromatic heterocycles. The number of hydrazone groups is 1. The van der Waals surface area contributed by atoms with Crippen LogP contribution in [0, 0.1) is 0 Å². The standard InChI is InChI=1S/C31H26N4O7/c1-40-23-15-13-21(14-16-23)31(39)42-26-17-12-20(18-27(26)41-2)19-32-35-30(38)29(37)34-25-11-7-6-10-24(25)28(36)33-22-8-4-3-5-9-22/h3-19H,1-2H3,(H,33,36)(H,34,37)(H,35,38)/b32-19+. The van der Waals surface area contributed by atoms with Crippen LogP contribution in [0.4, 0.5) is 11.4 Å². The molecule has 0 spiro atoms. The van der Waals surface area contributed by atoms with E-state index in [1.807, 2.05) is 6.07 Å². The molecule has 0 fully saturated rings. The first-order valence-electron chi connectivity index (χ1n) is 12.5. The third-order valence-corrected chi connectivity index (χ3v) is 5.75. The second-order valence-corrected chi connectivity index (χ2v) is 8.55. The van der Waals surface area contributed by atoms with Crippen molar-refractivity contribution in [2.45, 2.75) is 0 Å². The van der Waals surface area contributed by atoms with Crippen LogP contribution in [-0.4, -0.2) is 44.1 Å². The molecule has 0 unspecified atom stereocenters. The average molecular weight is 567 g/mol. The van der Waals surface area contributed by atoms with E-state index in [0.29, 0.717) is 22.6 Å². The van der Waals surface area contributed by atoms with Crippen molar-refractivity contribution in [1.29, 1.82) is 0 Å². The Morgan fingerprint density at radius 3 is 2.14 bits per heavy atom. The highest BCUT2D eigenvalue weighted by Crippen LogP contribution is 2.28. The fourth-order valence-electron chi connectivity index (χ4n) is 3.64. The number of nitrogens with zero attached hydrogens (tertiary/aromatic N) is 1. The predicted molar refractivity (Wildman–Crippen MR) is 156 cm³/mol. The van der Waals surface area contributed by atoms with E-state index in [-0.39, 0.29) is 22.7 Å². The van der Waals surface area contributed by atoms with E-state index in [2.05, 4.69) is 21.2 Å². The molecule has 4 aromatic carbocycles. The molecule has 4 aromatic rings. The number of carbonyl (C=O) groups is 4. The quantitative estimate of drug-likeness (QED) is 0.0903. The van der Waals surface area contributed by atoms with Gasteiger partial charge in [-0.15, -0.1) is 0 Å². The summed E-state index contributed by atoms with van der Waals surface area (Å²) >= 11 is 0. The zero-order chi connectivity index (χ0) is 29.9. The van der Waals surface area contributed by atoms with Gasteiger partial charge in [-0.2, -0.15) is 5.10 Å². The SMILES string of the molecule is COc1ccc(C(=O)Oc2ccc(/C=N/NC(=O)C(=O)Nc3ccccc3C(=O)Nc3ccccc3)cc2OC)cc1. The zero-order valence-corrected chi connectivity index (χ0v) is 22.6. The van der Waals surface area contributed by atoms with Gasteiger partial charge in [-0.25, -0.2) is 10.2 Å². The molecule has 0 aliphatic rings. The number of hydrogen-bond acceptors (Lipinski definition) is 8. The number of hydrogen-bond donors (Lipinski definition) is 3. The number of amides is 3. The molecule has 0 atom stereocenters. The Kier molecular flexibility index (Phi) is 9.60. The van der Waals surface area contributed by atoms with Crippen LogP contribution in [-0.2, 0) is 9.59 Å². The maximum Gasteiger partial charge on any atom is 0.343 e. The number of nitrogens with one attached hydrogen (secondary N) is 3. The third-order valence-electron chi connectivity index (χ3n) is 5.75. The molecular formula is C31H26N4O7. The molecule has 3 amide bonds. The number of anilines is 2. The molecule has 0 saturated carbocycles. The molecule has 0 aliphatic carbocycles. The summed E-state index contributed by atoms with van der Waals surface area (Å²) in [5.74, 6) is -2.10. The fourth-order valence-corrected chi connectivity index (χ4v) is 3.64. The minimum absolute atomic E-state index is 0.152. The van der Waals surface area contributed by atoms with Gasteiger partial charge in [-0.1, -0.05) is 30.3 Å². The van der Waals surface area contributed by atoms with Gasteiger partial charge < -0.3 is 24.8 Å². The summed E-state index contributed by atoms with van der Waals surface area (Å²) in [5, 5.41) is 8.97. The number of methoxy groups -OCH3 is 2. The summed E-state index contributed by atoms with van der Waals surface area (Å²) in [4.78, 5) is 50.1. The van der Waals surface area contributed by atoms with E-state index in [9.17, 15) is 19.2 Å². The Hall–Kier alpha value is -5.97. The molecule has 11 nitrogen and oxygen atoms in total. The van der Waals surface area contributed by atoms with Gasteiger partial charge in [-0.3, -0.25) is 14.4 Å². The van der Waals surface area contributed by atoms with Crippen molar-refractivity contribution in [2.75, 3.05) is 24.9 Å². The summed E-state index contributed by atoms with van der Waals surface area (Å²) in [5.41, 5.74) is 3.85. The fraction of sp³-hybridized carbons (Fsp3) is 0.0645. The van der Waals surface area contributed by atoms with Crippen LogP contribution in [0.15, 0.2) is 102 Å². The lowest BCUT2D eigenvalue weighted by atomic mass is 10.1. The number of benzene rings is 4. The monoisotopic (exact) mass is 566 g/mol. The van der Waals surface area contributed by atoms with Crippen molar-refractivity contribution in [3.63, 3.8) is 0 Å². The molecule has 0 aliphatic heterocycles. The number of carbonyl (C=O) groups excluding carboxylic acids is 4. The van der Waals surface area contributed by atoms with E-state index in [1.54, 1.807) is 66.7 Å². The van der Waals surface area contributed by atoms with Gasteiger partial charge in [0.2, 0.25) is 0 Å². The summed E-state index contributed by atoms with van der Waals surface area (Å²) in [6.07, 6.45) is 1.28. The van der Waals surface area contributed by atoms with Crippen LogP contribution in [0.25, 0.3) is 0 Å². The molecule has 212 valence electrons. The molecule has 4 rings (SSSR count). The van der Waals surface area contributed by atoms with E-state index >= 15 is 0 Å². The van der Waals surface area contributed by atoms with Crippen LogP contribution in [0.3, 0.4) is 0 Å². The van der Waals surface area contributed by atoms with Gasteiger partial charge in [0, 0.05) is 5.69 Å². The van der Waals surface area contributed by atoms with Gasteiger partial charge in [0.15, 0.2) is 11.5 Å². The molecule has 42 heavy (non-hydrogen) atoms. The minimum Gasteiger partial charge on any atom is -0.497 e. The van der Waals surface area contributed by atoms with Crippen molar-refractivity contribution in [3.05, 3.63) is 114 Å².